The molecule has 0 aliphatic carbocycles. The first kappa shape index (κ1) is 28.6. The van der Waals surface area contributed by atoms with E-state index in [0.29, 0.717) is 12.0 Å². The van der Waals surface area contributed by atoms with Gasteiger partial charge in [0.2, 0.25) is 0 Å². The molecular weight excluding hydrogens is 518 g/mol. The third kappa shape index (κ3) is 6.69. The molecule has 5 heteroatoms. The third-order valence-corrected chi connectivity index (χ3v) is 7.90. The van der Waals surface area contributed by atoms with Crippen LogP contribution < -0.4 is 5.32 Å². The van der Waals surface area contributed by atoms with Crippen LogP contribution >= 0.6 is 0 Å². The average Bonchev–Trinajstić information content (AvgIpc) is 3.03. The Labute approximate surface area is 247 Å². The van der Waals surface area contributed by atoms with Crippen molar-refractivity contribution in [2.24, 2.45) is 5.18 Å². The van der Waals surface area contributed by atoms with Gasteiger partial charge in [-0.1, -0.05) is 96.2 Å². The van der Waals surface area contributed by atoms with Crippen molar-refractivity contribution >= 4 is 5.91 Å². The van der Waals surface area contributed by atoms with Crippen molar-refractivity contribution in [1.29, 1.82) is 0 Å². The van der Waals surface area contributed by atoms with E-state index in [-0.39, 0.29) is 17.9 Å². The van der Waals surface area contributed by atoms with Crippen molar-refractivity contribution < 1.29 is 4.79 Å². The lowest BCUT2D eigenvalue weighted by molar-refractivity contribution is 0.0940. The van der Waals surface area contributed by atoms with Gasteiger partial charge in [-0.3, -0.25) is 9.78 Å². The van der Waals surface area contributed by atoms with Gasteiger partial charge in [0.05, 0.1) is 6.04 Å². The number of nitrogens with zero attached hydrogens (tertiary/aromatic N) is 2. The fourth-order valence-corrected chi connectivity index (χ4v) is 5.49. The number of nitroso groups, excluding NO2 is 1. The van der Waals surface area contributed by atoms with E-state index >= 15 is 0 Å². The van der Waals surface area contributed by atoms with Crippen molar-refractivity contribution in [2.45, 2.75) is 45.2 Å². The van der Waals surface area contributed by atoms with E-state index in [1.165, 1.54) is 11.1 Å². The summed E-state index contributed by atoms with van der Waals surface area (Å²) in [5.41, 5.74) is 9.01. The molecule has 0 aliphatic heterocycles. The Bertz CT molecular complexity index is 1650. The molecule has 0 aliphatic rings. The monoisotopic (exact) mass is 553 g/mol. The summed E-state index contributed by atoms with van der Waals surface area (Å²) in [5, 5.41) is 6.61. The van der Waals surface area contributed by atoms with Crippen LogP contribution in [-0.2, 0) is 0 Å². The lowest BCUT2D eigenvalue weighted by Gasteiger charge is -2.23. The van der Waals surface area contributed by atoms with Gasteiger partial charge in [0.25, 0.3) is 5.91 Å². The van der Waals surface area contributed by atoms with E-state index in [4.69, 9.17) is 0 Å². The van der Waals surface area contributed by atoms with Gasteiger partial charge in [0, 0.05) is 23.4 Å². The second-order valence-electron chi connectivity index (χ2n) is 10.8. The molecule has 42 heavy (non-hydrogen) atoms. The van der Waals surface area contributed by atoms with E-state index in [2.05, 4.69) is 58.8 Å². The predicted octanol–water partition coefficient (Wildman–Crippen LogP) is 8.89. The van der Waals surface area contributed by atoms with Gasteiger partial charge in [-0.2, -0.15) is 4.91 Å². The van der Waals surface area contributed by atoms with Gasteiger partial charge in [-0.05, 0) is 90.4 Å². The number of benzene rings is 4. The van der Waals surface area contributed by atoms with Crippen LogP contribution in [-0.4, -0.2) is 10.9 Å². The smallest absolute Gasteiger partial charge is 0.251 e. The molecule has 1 N–H and O–H groups in total. The maximum Gasteiger partial charge on any atom is 0.251 e. The zero-order valence-corrected chi connectivity index (χ0v) is 24.2. The lowest BCUT2D eigenvalue weighted by atomic mass is 9.82. The van der Waals surface area contributed by atoms with Crippen LogP contribution in [0.3, 0.4) is 0 Å². The maximum atomic E-state index is 12.8. The van der Waals surface area contributed by atoms with Gasteiger partial charge in [-0.15, -0.1) is 0 Å². The minimum absolute atomic E-state index is 0.00547. The molecule has 5 nitrogen and oxygen atoms in total. The summed E-state index contributed by atoms with van der Waals surface area (Å²) in [6.07, 6.45) is 2.29. The predicted molar refractivity (Wildman–Crippen MR) is 169 cm³/mol. The fourth-order valence-electron chi connectivity index (χ4n) is 5.49. The first-order chi connectivity index (χ1) is 20.4. The highest BCUT2D eigenvalue weighted by atomic mass is 16.3. The summed E-state index contributed by atoms with van der Waals surface area (Å²) in [6, 6.07) is 37.7. The van der Waals surface area contributed by atoms with Crippen LogP contribution in [0.5, 0.6) is 0 Å². The fraction of sp³-hybridized carbons (Fsp3) is 0.189. The van der Waals surface area contributed by atoms with Crippen LogP contribution in [0.1, 0.15) is 75.2 Å². The molecule has 1 amide bonds. The minimum atomic E-state index is -0.487. The van der Waals surface area contributed by atoms with Crippen LogP contribution in [0.2, 0.25) is 0 Å². The zero-order valence-electron chi connectivity index (χ0n) is 24.2. The number of carbonyl (C=O) groups is 1. The molecule has 210 valence electrons. The van der Waals surface area contributed by atoms with Crippen molar-refractivity contribution in [3.63, 3.8) is 0 Å². The van der Waals surface area contributed by atoms with E-state index in [1.54, 1.807) is 6.20 Å². The molecule has 0 bridgehead atoms. The number of pyridine rings is 1. The van der Waals surface area contributed by atoms with Gasteiger partial charge < -0.3 is 5.32 Å². The van der Waals surface area contributed by atoms with E-state index in [1.807, 2.05) is 92.7 Å². The Kier molecular flexibility index (Phi) is 8.98. The summed E-state index contributed by atoms with van der Waals surface area (Å²) in [4.78, 5) is 29.2. The van der Waals surface area contributed by atoms with E-state index in [9.17, 15) is 9.70 Å². The summed E-state index contributed by atoms with van der Waals surface area (Å²) in [5.74, 6) is -0.105. The summed E-state index contributed by atoms with van der Waals surface area (Å²) in [6.45, 7) is 6.01. The van der Waals surface area contributed by atoms with Crippen LogP contribution in [0.15, 0.2) is 127 Å². The Morgan fingerprint density at radius 1 is 0.762 bits per heavy atom. The maximum absolute atomic E-state index is 12.8. The van der Waals surface area contributed by atoms with Crippen molar-refractivity contribution in [1.82, 2.24) is 10.3 Å². The second-order valence-corrected chi connectivity index (χ2v) is 10.8. The highest BCUT2D eigenvalue weighted by molar-refractivity contribution is 5.95. The summed E-state index contributed by atoms with van der Waals surface area (Å²) >= 11 is 0. The van der Waals surface area contributed by atoms with Crippen LogP contribution in [0.25, 0.3) is 11.1 Å². The topological polar surface area (TPSA) is 71.4 Å². The Morgan fingerprint density at radius 3 is 2.05 bits per heavy atom. The number of carbonyl (C=O) groups excluding carboxylic acids is 1. The Hall–Kier alpha value is -4.90. The molecule has 0 radical (unpaired) electrons. The number of rotatable bonds is 10. The normalized spacial score (nSPS) is 13.1. The highest BCUT2D eigenvalue weighted by Gasteiger charge is 2.23. The second kappa shape index (κ2) is 13.2. The lowest BCUT2D eigenvalue weighted by Crippen LogP contribution is -2.26. The third-order valence-electron chi connectivity index (χ3n) is 7.90. The number of hydrogen-bond donors (Lipinski definition) is 1. The molecular formula is C37H35N3O2. The van der Waals surface area contributed by atoms with Crippen molar-refractivity contribution in [3.05, 3.63) is 165 Å². The molecule has 3 atom stereocenters. The molecule has 4 aromatic carbocycles. The number of amides is 1. The molecule has 5 aromatic rings. The standard InChI is InChI=1S/C37H35N3O2/c1-25-9-7-8-12-34(25)35(24-36(40-42)33-21-22-38-26(2)23-33)31-17-13-29(14-18-31)30-15-19-32(20-16-30)37(41)39-27(3)28-10-5-4-6-11-28/h4-23,27,35-36H,24H2,1-3H3,(H,39,41)/t27-,35+,36?/m1/s1. The first-order valence-corrected chi connectivity index (χ1v) is 14.3. The SMILES string of the molecule is Cc1cc(C(C[C@@H](c2ccc(-c3ccc(C(=O)N[C@H](C)c4ccccc4)cc3)cc2)c2ccccc2C)N=O)ccn1. The van der Waals surface area contributed by atoms with Gasteiger partial charge in [0.15, 0.2) is 0 Å². The van der Waals surface area contributed by atoms with E-state index < -0.39 is 6.04 Å². The first-order valence-electron chi connectivity index (χ1n) is 14.3. The molecule has 5 rings (SSSR count). The zero-order chi connectivity index (χ0) is 29.5. The van der Waals surface area contributed by atoms with Gasteiger partial charge in [0.1, 0.15) is 6.04 Å². The summed E-state index contributed by atoms with van der Waals surface area (Å²) < 4.78 is 0. The van der Waals surface area contributed by atoms with Crippen molar-refractivity contribution in [2.75, 3.05) is 0 Å². The van der Waals surface area contributed by atoms with Crippen molar-refractivity contribution in [3.8, 4) is 11.1 Å². The molecule has 0 saturated carbocycles. The molecule has 0 saturated heterocycles. The number of aryl methyl sites for hydroxylation is 2. The Balaban J connectivity index is 1.36. The molecule has 0 spiro atoms. The number of aromatic nitrogens is 1. The van der Waals surface area contributed by atoms with Gasteiger partial charge in [-0.25, -0.2) is 0 Å². The molecule has 1 unspecified atom stereocenters. The Morgan fingerprint density at radius 2 is 1.40 bits per heavy atom. The molecule has 0 fully saturated rings. The minimum Gasteiger partial charge on any atom is -0.346 e. The number of hydrogen-bond acceptors (Lipinski definition) is 4. The summed E-state index contributed by atoms with van der Waals surface area (Å²) in [7, 11) is 0. The van der Waals surface area contributed by atoms with E-state index in [0.717, 1.165) is 33.5 Å². The number of nitrogens with one attached hydrogen (secondary N) is 1. The largest absolute Gasteiger partial charge is 0.346 e. The van der Waals surface area contributed by atoms with Crippen LogP contribution in [0, 0.1) is 18.8 Å². The average molecular weight is 554 g/mol. The van der Waals surface area contributed by atoms with Crippen LogP contribution in [0.4, 0.5) is 0 Å². The molecule has 1 heterocycles. The molecule has 1 aromatic heterocycles. The van der Waals surface area contributed by atoms with Gasteiger partial charge >= 0.3 is 0 Å². The highest BCUT2D eigenvalue weighted by Crippen LogP contribution is 2.38. The quantitative estimate of drug-likeness (QED) is 0.176.